The van der Waals surface area contributed by atoms with Gasteiger partial charge in [0.1, 0.15) is 11.8 Å². The molecule has 36 heavy (non-hydrogen) atoms. The molecule has 194 valence electrons. The van der Waals surface area contributed by atoms with Gasteiger partial charge in [-0.05, 0) is 36.2 Å². The summed E-state index contributed by atoms with van der Waals surface area (Å²) in [5.74, 6) is -3.34. The van der Waals surface area contributed by atoms with Crippen molar-refractivity contribution in [1.29, 1.82) is 0 Å². The molecule has 2 atom stereocenters. The van der Waals surface area contributed by atoms with Crippen LogP contribution in [0.4, 0.5) is 28.0 Å². The second-order valence-corrected chi connectivity index (χ2v) is 8.67. The first kappa shape index (κ1) is 27.1. The molecule has 0 saturated heterocycles. The van der Waals surface area contributed by atoms with E-state index in [0.29, 0.717) is 17.0 Å². The topological polar surface area (TPSA) is 105 Å². The van der Waals surface area contributed by atoms with E-state index < -0.39 is 65.3 Å². The smallest absolute Gasteiger partial charge is 0.416 e. The van der Waals surface area contributed by atoms with Gasteiger partial charge in [-0.25, -0.2) is 14.0 Å². The number of amides is 2. The number of ether oxygens (including phenoxy) is 2. The molecule has 0 aromatic heterocycles. The number of carbonyl (C=O) groups is 3. The average Bonchev–Trinajstić information content (AvgIpc) is 3.01. The lowest BCUT2D eigenvalue weighted by Gasteiger charge is -2.23. The highest BCUT2D eigenvalue weighted by molar-refractivity contribution is 6.30. The molecule has 1 aliphatic heterocycles. The van der Waals surface area contributed by atoms with Crippen molar-refractivity contribution in [2.45, 2.75) is 31.7 Å². The Bertz CT molecular complexity index is 1210. The Morgan fingerprint density at radius 3 is 2.39 bits per heavy atom. The summed E-state index contributed by atoms with van der Waals surface area (Å²) >= 11 is 5.99. The summed E-state index contributed by atoms with van der Waals surface area (Å²) in [6.45, 7) is 2.04. The van der Waals surface area contributed by atoms with Crippen molar-refractivity contribution in [2.24, 2.45) is 5.92 Å². The number of halogens is 5. The fourth-order valence-electron chi connectivity index (χ4n) is 3.78. The number of hydrogen-bond donors (Lipinski definition) is 2. The predicted octanol–water partition coefficient (Wildman–Crippen LogP) is 4.72. The number of anilines is 1. The summed E-state index contributed by atoms with van der Waals surface area (Å²) in [5, 5.41) is 11.3. The van der Waals surface area contributed by atoms with Crippen molar-refractivity contribution in [3.05, 3.63) is 58.1 Å². The van der Waals surface area contributed by atoms with Crippen LogP contribution >= 0.6 is 11.6 Å². The number of benzene rings is 2. The number of nitrogens with one attached hydrogen (secondary N) is 1. The van der Waals surface area contributed by atoms with Gasteiger partial charge in [-0.3, -0.25) is 9.69 Å². The lowest BCUT2D eigenvalue weighted by atomic mass is 9.88. The quantitative estimate of drug-likeness (QED) is 0.500. The van der Waals surface area contributed by atoms with Gasteiger partial charge in [0, 0.05) is 16.1 Å². The van der Waals surface area contributed by atoms with Crippen molar-refractivity contribution in [2.75, 3.05) is 18.7 Å². The molecule has 0 unspecified atom stereocenters. The van der Waals surface area contributed by atoms with Gasteiger partial charge in [-0.1, -0.05) is 31.5 Å². The second kappa shape index (κ2) is 9.84. The zero-order valence-corrected chi connectivity index (χ0v) is 19.9. The second-order valence-electron chi connectivity index (χ2n) is 8.23. The van der Waals surface area contributed by atoms with Gasteiger partial charge in [0.15, 0.2) is 6.73 Å². The number of carboxylic acids is 1. The third-order valence-electron chi connectivity index (χ3n) is 5.59. The Balaban J connectivity index is 2.04. The largest absolute Gasteiger partial charge is 0.496 e. The molecule has 0 saturated carbocycles. The number of fused-ring (bicyclic) bond motifs is 1. The zero-order chi connectivity index (χ0) is 27.0. The molecular formula is C23H21ClF4N2O6. The summed E-state index contributed by atoms with van der Waals surface area (Å²) in [5.41, 5.74) is -5.50. The van der Waals surface area contributed by atoms with E-state index in [9.17, 15) is 32.7 Å². The van der Waals surface area contributed by atoms with E-state index in [1.807, 2.05) is 0 Å². The normalized spacial score (nSPS) is 18.1. The summed E-state index contributed by atoms with van der Waals surface area (Å²) in [6.07, 6.45) is -6.09. The minimum Gasteiger partial charge on any atom is -0.496 e. The molecule has 0 spiro atoms. The fourth-order valence-corrected chi connectivity index (χ4v) is 3.95. The number of methoxy groups -OCH3 is 1. The molecule has 0 bridgehead atoms. The van der Waals surface area contributed by atoms with E-state index in [1.165, 1.54) is 33.1 Å². The number of rotatable bonds is 7. The molecular weight excluding hydrogens is 512 g/mol. The maximum Gasteiger partial charge on any atom is 0.416 e. The van der Waals surface area contributed by atoms with Crippen LogP contribution in [-0.4, -0.2) is 43.0 Å². The molecule has 2 aromatic rings. The first-order chi connectivity index (χ1) is 16.7. The van der Waals surface area contributed by atoms with Gasteiger partial charge in [0.25, 0.3) is 5.91 Å². The van der Waals surface area contributed by atoms with E-state index in [4.69, 9.17) is 21.1 Å². The van der Waals surface area contributed by atoms with Gasteiger partial charge >= 0.3 is 18.2 Å². The van der Waals surface area contributed by atoms with Gasteiger partial charge in [-0.15, -0.1) is 0 Å². The van der Waals surface area contributed by atoms with Crippen molar-refractivity contribution in [1.82, 2.24) is 5.32 Å². The fraction of sp³-hybridized carbons (Fsp3) is 0.348. The van der Waals surface area contributed by atoms with Crippen LogP contribution in [0.3, 0.4) is 0 Å². The molecule has 2 N–H and O–H groups in total. The number of aliphatic carboxylic acids is 1. The maximum absolute atomic E-state index is 16.6. The molecule has 13 heteroatoms. The Labute approximate surface area is 207 Å². The monoisotopic (exact) mass is 532 g/mol. The van der Waals surface area contributed by atoms with Crippen LogP contribution in [0, 0.1) is 5.92 Å². The van der Waals surface area contributed by atoms with Crippen molar-refractivity contribution >= 4 is 35.3 Å². The number of nitrogens with zero attached hydrogens (tertiary/aromatic N) is 1. The van der Waals surface area contributed by atoms with Crippen LogP contribution < -0.4 is 15.0 Å². The maximum atomic E-state index is 16.6. The Morgan fingerprint density at radius 2 is 1.83 bits per heavy atom. The molecule has 0 radical (unpaired) electrons. The van der Waals surface area contributed by atoms with Crippen LogP contribution in [-0.2, 0) is 26.2 Å². The molecule has 0 fully saturated rings. The number of carbonyl (C=O) groups excluding carboxylic acids is 2. The molecule has 2 amide bonds. The Hall–Kier alpha value is -3.54. The third-order valence-corrected chi connectivity index (χ3v) is 5.83. The van der Waals surface area contributed by atoms with E-state index >= 15 is 4.39 Å². The van der Waals surface area contributed by atoms with E-state index in [0.717, 1.165) is 12.1 Å². The zero-order valence-electron chi connectivity index (χ0n) is 19.2. The molecule has 8 nitrogen and oxygen atoms in total. The molecule has 3 rings (SSSR count). The van der Waals surface area contributed by atoms with Crippen LogP contribution in [0.2, 0.25) is 5.02 Å². The van der Waals surface area contributed by atoms with Crippen molar-refractivity contribution in [3.8, 4) is 5.75 Å². The van der Waals surface area contributed by atoms with Crippen molar-refractivity contribution < 1.29 is 46.5 Å². The van der Waals surface area contributed by atoms with Gasteiger partial charge in [0.2, 0.25) is 5.67 Å². The number of alkyl carbamates (subject to hydrolysis) is 1. The third kappa shape index (κ3) is 4.90. The molecule has 1 aliphatic rings. The van der Waals surface area contributed by atoms with E-state index in [-0.39, 0.29) is 16.3 Å². The Morgan fingerprint density at radius 1 is 1.17 bits per heavy atom. The van der Waals surface area contributed by atoms with Gasteiger partial charge in [-0.2, -0.15) is 13.2 Å². The number of carboxylic acid groups (broad SMARTS) is 1. The van der Waals surface area contributed by atoms with Gasteiger partial charge < -0.3 is 19.9 Å². The highest BCUT2D eigenvalue weighted by Crippen LogP contribution is 2.51. The molecule has 0 aliphatic carbocycles. The van der Waals surface area contributed by atoms with Crippen LogP contribution in [0.1, 0.15) is 30.5 Å². The summed E-state index contributed by atoms with van der Waals surface area (Å²) in [7, 11) is 1.21. The molecule has 2 aromatic carbocycles. The lowest BCUT2D eigenvalue weighted by molar-refractivity contribution is -0.140. The first-order valence-corrected chi connectivity index (χ1v) is 10.8. The first-order valence-electron chi connectivity index (χ1n) is 10.4. The number of alkyl halides is 4. The SMILES string of the molecule is COc1ccc(Cl)cc1[C@]1(F)C(=O)N(COC(=O)N[C@H](C(=O)O)C(C)C)c2cc(C(F)(F)F)ccc21. The summed E-state index contributed by atoms with van der Waals surface area (Å²) in [6, 6.07) is 4.43. The Kier molecular flexibility index (Phi) is 7.40. The lowest BCUT2D eigenvalue weighted by Crippen LogP contribution is -2.46. The summed E-state index contributed by atoms with van der Waals surface area (Å²) < 4.78 is 66.9. The van der Waals surface area contributed by atoms with E-state index in [2.05, 4.69) is 5.32 Å². The van der Waals surface area contributed by atoms with Gasteiger partial charge in [0.05, 0.1) is 18.4 Å². The number of hydrogen-bond acceptors (Lipinski definition) is 5. The van der Waals surface area contributed by atoms with E-state index in [1.54, 1.807) is 0 Å². The minimum atomic E-state index is -4.82. The minimum absolute atomic E-state index is 0.0339. The summed E-state index contributed by atoms with van der Waals surface area (Å²) in [4.78, 5) is 37.4. The van der Waals surface area contributed by atoms with Crippen LogP contribution in [0.15, 0.2) is 36.4 Å². The molecule has 1 heterocycles. The predicted molar refractivity (Wildman–Crippen MR) is 120 cm³/mol. The van der Waals surface area contributed by atoms with Crippen LogP contribution in [0.25, 0.3) is 0 Å². The standard InChI is InChI=1S/C23H21ClF4N2O6/c1-11(2)18(19(31)32)29-21(34)36-10-30-16-8-12(23(26,27)28)4-6-14(16)22(25,20(30)33)15-9-13(24)5-7-17(15)35-3/h4-9,11,18H,10H2,1-3H3,(H,29,34)(H,31,32)/t18-,22-/m0/s1. The highest BCUT2D eigenvalue weighted by atomic mass is 35.5. The highest BCUT2D eigenvalue weighted by Gasteiger charge is 2.55. The average molecular weight is 533 g/mol. The van der Waals surface area contributed by atoms with Crippen LogP contribution in [0.5, 0.6) is 5.75 Å². The van der Waals surface area contributed by atoms with Crippen molar-refractivity contribution in [3.63, 3.8) is 0 Å².